The summed E-state index contributed by atoms with van der Waals surface area (Å²) in [6.45, 7) is 4.12. The summed E-state index contributed by atoms with van der Waals surface area (Å²) < 4.78 is 12.6. The van der Waals surface area contributed by atoms with Crippen LogP contribution in [0.1, 0.15) is 19.8 Å². The summed E-state index contributed by atoms with van der Waals surface area (Å²) in [6, 6.07) is 0. The smallest absolute Gasteiger partial charge is 0.223 e. The molecule has 2 heterocycles. The lowest BCUT2D eigenvalue weighted by molar-refractivity contribution is 0.363. The van der Waals surface area contributed by atoms with Gasteiger partial charge >= 0.3 is 0 Å². The molecule has 5 heteroatoms. The van der Waals surface area contributed by atoms with Crippen LogP contribution in [0.25, 0.3) is 0 Å². The van der Waals surface area contributed by atoms with Crippen molar-refractivity contribution in [1.82, 2.24) is 15.3 Å². The first kappa shape index (κ1) is 10.3. The number of aromatic nitrogens is 2. The van der Waals surface area contributed by atoms with Crippen molar-refractivity contribution >= 4 is 5.95 Å². The predicted molar refractivity (Wildman–Crippen MR) is 56.1 cm³/mol. The quantitative estimate of drug-likeness (QED) is 0.769. The Bertz CT molecular complexity index is 319. The lowest BCUT2D eigenvalue weighted by Gasteiger charge is -2.34. The number of halogens is 1. The van der Waals surface area contributed by atoms with Gasteiger partial charge in [-0.3, -0.25) is 0 Å². The van der Waals surface area contributed by atoms with E-state index in [0.29, 0.717) is 5.95 Å². The summed E-state index contributed by atoms with van der Waals surface area (Å²) in [5, 5.41) is 6.55. The molecule has 0 amide bonds. The van der Waals surface area contributed by atoms with Crippen LogP contribution in [-0.4, -0.2) is 28.6 Å². The molecule has 1 aromatic heterocycles. The lowest BCUT2D eigenvalue weighted by atomic mass is 9.91. The molecule has 1 aliphatic heterocycles. The van der Waals surface area contributed by atoms with Crippen LogP contribution in [0.15, 0.2) is 12.4 Å². The molecule has 2 rings (SSSR count). The number of anilines is 1. The Kier molecular flexibility index (Phi) is 2.81. The normalized spacial score (nSPS) is 19.9. The summed E-state index contributed by atoms with van der Waals surface area (Å²) >= 11 is 0. The maximum atomic E-state index is 12.6. The SMILES string of the molecule is CC1(Nc2ncc(F)cn2)CCNCC1. The van der Waals surface area contributed by atoms with E-state index in [-0.39, 0.29) is 5.54 Å². The molecule has 82 valence electrons. The Labute approximate surface area is 88.3 Å². The van der Waals surface area contributed by atoms with Crippen molar-refractivity contribution in [2.75, 3.05) is 18.4 Å². The van der Waals surface area contributed by atoms with Gasteiger partial charge in [0.15, 0.2) is 5.82 Å². The average Bonchev–Trinajstić information content (AvgIpc) is 2.22. The molecule has 0 spiro atoms. The first-order chi connectivity index (χ1) is 7.18. The lowest BCUT2D eigenvalue weighted by Crippen LogP contribution is -2.45. The van der Waals surface area contributed by atoms with Crippen molar-refractivity contribution in [3.63, 3.8) is 0 Å². The second-order valence-electron chi connectivity index (χ2n) is 4.16. The monoisotopic (exact) mass is 210 g/mol. The largest absolute Gasteiger partial charge is 0.349 e. The molecular weight excluding hydrogens is 195 g/mol. The van der Waals surface area contributed by atoms with Crippen LogP contribution in [0.2, 0.25) is 0 Å². The van der Waals surface area contributed by atoms with Crippen molar-refractivity contribution in [1.29, 1.82) is 0 Å². The fourth-order valence-electron chi connectivity index (χ4n) is 1.75. The first-order valence-electron chi connectivity index (χ1n) is 5.14. The third kappa shape index (κ3) is 2.62. The van der Waals surface area contributed by atoms with Gasteiger partial charge in [-0.2, -0.15) is 0 Å². The molecule has 1 fully saturated rings. The number of nitrogens with zero attached hydrogens (tertiary/aromatic N) is 2. The van der Waals surface area contributed by atoms with Gasteiger partial charge in [0.25, 0.3) is 0 Å². The highest BCUT2D eigenvalue weighted by Gasteiger charge is 2.26. The minimum absolute atomic E-state index is 0.0169. The molecule has 2 N–H and O–H groups in total. The maximum Gasteiger partial charge on any atom is 0.223 e. The van der Waals surface area contributed by atoms with Gasteiger partial charge < -0.3 is 10.6 Å². The van der Waals surface area contributed by atoms with E-state index in [1.54, 1.807) is 0 Å². The fraction of sp³-hybridized carbons (Fsp3) is 0.600. The first-order valence-corrected chi connectivity index (χ1v) is 5.14. The van der Waals surface area contributed by atoms with Gasteiger partial charge in [-0.05, 0) is 32.9 Å². The van der Waals surface area contributed by atoms with E-state index in [1.165, 1.54) is 12.4 Å². The highest BCUT2D eigenvalue weighted by molar-refractivity contribution is 5.28. The Morgan fingerprint density at radius 1 is 1.33 bits per heavy atom. The minimum atomic E-state index is -0.406. The summed E-state index contributed by atoms with van der Waals surface area (Å²) in [7, 11) is 0. The number of hydrogen-bond donors (Lipinski definition) is 2. The van der Waals surface area contributed by atoms with Gasteiger partial charge in [0, 0.05) is 5.54 Å². The predicted octanol–water partition coefficient (Wildman–Crippen LogP) is 1.17. The van der Waals surface area contributed by atoms with Gasteiger partial charge in [-0.1, -0.05) is 0 Å². The molecular formula is C10H15FN4. The molecule has 15 heavy (non-hydrogen) atoms. The van der Waals surface area contributed by atoms with Crippen LogP contribution in [0.3, 0.4) is 0 Å². The topological polar surface area (TPSA) is 49.8 Å². The second-order valence-corrected chi connectivity index (χ2v) is 4.16. The Hall–Kier alpha value is -1.23. The second kappa shape index (κ2) is 4.10. The average molecular weight is 210 g/mol. The molecule has 0 aromatic carbocycles. The van der Waals surface area contributed by atoms with Crippen LogP contribution in [0.4, 0.5) is 10.3 Å². The summed E-state index contributed by atoms with van der Waals surface area (Å²) in [5.41, 5.74) is 0.0169. The molecule has 0 atom stereocenters. The molecule has 1 aliphatic rings. The zero-order chi connectivity index (χ0) is 10.7. The van der Waals surface area contributed by atoms with Gasteiger partial charge in [0.2, 0.25) is 5.95 Å². The highest BCUT2D eigenvalue weighted by Crippen LogP contribution is 2.21. The molecule has 0 unspecified atom stereocenters. The van der Waals surface area contributed by atoms with Gasteiger partial charge in [0.1, 0.15) is 0 Å². The zero-order valence-corrected chi connectivity index (χ0v) is 8.76. The summed E-state index contributed by atoms with van der Waals surface area (Å²) in [5.74, 6) is 0.0943. The van der Waals surface area contributed by atoms with Crippen molar-refractivity contribution in [2.24, 2.45) is 0 Å². The van der Waals surface area contributed by atoms with E-state index in [4.69, 9.17) is 0 Å². The van der Waals surface area contributed by atoms with Crippen molar-refractivity contribution in [2.45, 2.75) is 25.3 Å². The minimum Gasteiger partial charge on any atom is -0.349 e. The number of nitrogens with one attached hydrogen (secondary N) is 2. The van der Waals surface area contributed by atoms with Gasteiger partial charge in [-0.15, -0.1) is 0 Å². The van der Waals surface area contributed by atoms with Crippen LogP contribution in [0, 0.1) is 5.82 Å². The molecule has 0 radical (unpaired) electrons. The Morgan fingerprint density at radius 3 is 2.53 bits per heavy atom. The molecule has 0 aliphatic carbocycles. The number of hydrogen-bond acceptors (Lipinski definition) is 4. The van der Waals surface area contributed by atoms with E-state index in [2.05, 4.69) is 27.5 Å². The van der Waals surface area contributed by atoms with E-state index < -0.39 is 5.82 Å². The molecule has 1 saturated heterocycles. The van der Waals surface area contributed by atoms with Crippen molar-refractivity contribution in [3.05, 3.63) is 18.2 Å². The van der Waals surface area contributed by atoms with E-state index in [1.807, 2.05) is 0 Å². The van der Waals surface area contributed by atoms with Gasteiger partial charge in [-0.25, -0.2) is 14.4 Å². The number of piperidine rings is 1. The van der Waals surface area contributed by atoms with E-state index in [9.17, 15) is 4.39 Å². The molecule has 4 nitrogen and oxygen atoms in total. The molecule has 0 bridgehead atoms. The standard InChI is InChI=1S/C10H15FN4/c1-10(2-4-12-5-3-10)15-9-13-6-8(11)7-14-9/h6-7,12H,2-5H2,1H3,(H,13,14,15). The van der Waals surface area contributed by atoms with Crippen LogP contribution in [-0.2, 0) is 0 Å². The van der Waals surface area contributed by atoms with Crippen LogP contribution in [0.5, 0.6) is 0 Å². The fourth-order valence-corrected chi connectivity index (χ4v) is 1.75. The summed E-state index contributed by atoms with van der Waals surface area (Å²) in [6.07, 6.45) is 4.40. The summed E-state index contributed by atoms with van der Waals surface area (Å²) in [4.78, 5) is 7.80. The third-order valence-electron chi connectivity index (χ3n) is 2.74. The Balaban J connectivity index is 2.03. The molecule has 0 saturated carbocycles. The molecule has 1 aromatic rings. The van der Waals surface area contributed by atoms with Crippen LogP contribution < -0.4 is 10.6 Å². The maximum absolute atomic E-state index is 12.6. The van der Waals surface area contributed by atoms with Crippen molar-refractivity contribution < 1.29 is 4.39 Å². The van der Waals surface area contributed by atoms with Crippen LogP contribution >= 0.6 is 0 Å². The number of rotatable bonds is 2. The Morgan fingerprint density at radius 2 is 1.93 bits per heavy atom. The third-order valence-corrected chi connectivity index (χ3v) is 2.74. The van der Waals surface area contributed by atoms with Gasteiger partial charge in [0.05, 0.1) is 12.4 Å². The van der Waals surface area contributed by atoms with E-state index >= 15 is 0 Å². The van der Waals surface area contributed by atoms with E-state index in [0.717, 1.165) is 25.9 Å². The highest BCUT2D eigenvalue weighted by atomic mass is 19.1. The van der Waals surface area contributed by atoms with Crippen molar-refractivity contribution in [3.8, 4) is 0 Å². The zero-order valence-electron chi connectivity index (χ0n) is 8.76.